The number of aromatic hydroxyl groups is 1. The molecule has 0 spiro atoms. The quantitative estimate of drug-likeness (QED) is 0.833. The number of hydrogen-bond donors (Lipinski definition) is 2. The highest BCUT2D eigenvalue weighted by molar-refractivity contribution is 5.77. The van der Waals surface area contributed by atoms with Gasteiger partial charge in [-0.2, -0.15) is 0 Å². The monoisotopic (exact) mass is 226 g/mol. The van der Waals surface area contributed by atoms with Crippen molar-refractivity contribution in [2.24, 2.45) is 5.92 Å². The molecule has 0 radical (unpaired) electrons. The molecule has 0 amide bonds. The summed E-state index contributed by atoms with van der Waals surface area (Å²) >= 11 is 0. The van der Waals surface area contributed by atoms with E-state index in [2.05, 4.69) is 0 Å². The molecule has 0 aliphatic carbocycles. The van der Waals surface area contributed by atoms with E-state index in [1.807, 2.05) is 0 Å². The summed E-state index contributed by atoms with van der Waals surface area (Å²) in [5.74, 6) is -3.11. The van der Waals surface area contributed by atoms with Crippen molar-refractivity contribution in [3.8, 4) is 5.75 Å². The van der Waals surface area contributed by atoms with Gasteiger partial charge in [0.1, 0.15) is 0 Å². The Kier molecular flexibility index (Phi) is 3.52. The number of carboxylic acid groups (broad SMARTS) is 1. The van der Waals surface area contributed by atoms with E-state index in [-0.39, 0.29) is 5.92 Å². The topological polar surface area (TPSA) is 57.5 Å². The van der Waals surface area contributed by atoms with E-state index in [1.54, 1.807) is 20.8 Å². The average molecular weight is 226 g/mol. The third kappa shape index (κ3) is 2.32. The Morgan fingerprint density at radius 1 is 1.38 bits per heavy atom. The number of carboxylic acids is 1. The van der Waals surface area contributed by atoms with Crippen LogP contribution in [-0.2, 0) is 4.79 Å². The standard InChI is InChI=1S/C12H15FO3/c1-6(2)11(12(15)16)8-5-9(13)10(14)4-7(8)3/h4-6,11,14H,1-3H3,(H,15,16). The summed E-state index contributed by atoms with van der Waals surface area (Å²) in [6.07, 6.45) is 0. The zero-order chi connectivity index (χ0) is 12.5. The van der Waals surface area contributed by atoms with Crippen LogP contribution < -0.4 is 0 Å². The molecule has 0 aliphatic rings. The second-order valence-corrected chi connectivity index (χ2v) is 4.22. The second-order valence-electron chi connectivity index (χ2n) is 4.22. The lowest BCUT2D eigenvalue weighted by molar-refractivity contribution is -0.139. The van der Waals surface area contributed by atoms with Gasteiger partial charge in [-0.15, -0.1) is 0 Å². The number of rotatable bonds is 3. The number of halogens is 1. The van der Waals surface area contributed by atoms with Crippen LogP contribution in [0.25, 0.3) is 0 Å². The molecule has 16 heavy (non-hydrogen) atoms. The van der Waals surface area contributed by atoms with Gasteiger partial charge in [0.05, 0.1) is 5.92 Å². The number of phenolic OH excluding ortho intramolecular Hbond substituents is 1. The molecule has 88 valence electrons. The minimum atomic E-state index is -0.983. The maximum Gasteiger partial charge on any atom is 0.311 e. The molecule has 1 unspecified atom stereocenters. The van der Waals surface area contributed by atoms with Gasteiger partial charge in [-0.1, -0.05) is 13.8 Å². The van der Waals surface area contributed by atoms with Crippen LogP contribution in [0.1, 0.15) is 30.9 Å². The highest BCUT2D eigenvalue weighted by Crippen LogP contribution is 2.31. The minimum absolute atomic E-state index is 0.139. The lowest BCUT2D eigenvalue weighted by Crippen LogP contribution is -2.18. The minimum Gasteiger partial charge on any atom is -0.505 e. The zero-order valence-electron chi connectivity index (χ0n) is 9.49. The lowest BCUT2D eigenvalue weighted by atomic mass is 9.86. The summed E-state index contributed by atoms with van der Waals surface area (Å²) in [5.41, 5.74) is 0.998. The fraction of sp³-hybridized carbons (Fsp3) is 0.417. The van der Waals surface area contributed by atoms with Gasteiger partial charge < -0.3 is 10.2 Å². The van der Waals surface area contributed by atoms with Crippen LogP contribution in [0.4, 0.5) is 4.39 Å². The van der Waals surface area contributed by atoms with Crippen molar-refractivity contribution in [1.82, 2.24) is 0 Å². The van der Waals surface area contributed by atoms with Crippen LogP contribution >= 0.6 is 0 Å². The van der Waals surface area contributed by atoms with Crippen molar-refractivity contribution >= 4 is 5.97 Å². The Bertz CT molecular complexity index is 413. The molecule has 0 fully saturated rings. The number of carbonyl (C=O) groups is 1. The summed E-state index contributed by atoms with van der Waals surface area (Å²) in [7, 11) is 0. The first kappa shape index (κ1) is 12.5. The molecule has 1 atom stereocenters. The number of hydrogen-bond acceptors (Lipinski definition) is 2. The van der Waals surface area contributed by atoms with Gasteiger partial charge in [-0.25, -0.2) is 4.39 Å². The molecular weight excluding hydrogens is 211 g/mol. The van der Waals surface area contributed by atoms with Crippen molar-refractivity contribution in [2.75, 3.05) is 0 Å². The van der Waals surface area contributed by atoms with E-state index in [0.29, 0.717) is 11.1 Å². The molecule has 0 saturated heterocycles. The van der Waals surface area contributed by atoms with Gasteiger partial charge in [-0.05, 0) is 36.1 Å². The number of phenols is 1. The third-order valence-corrected chi connectivity index (χ3v) is 2.60. The number of aryl methyl sites for hydroxylation is 1. The van der Waals surface area contributed by atoms with Gasteiger partial charge in [0, 0.05) is 0 Å². The Labute approximate surface area is 93.5 Å². The average Bonchev–Trinajstić information content (AvgIpc) is 2.12. The molecule has 1 aromatic carbocycles. The smallest absolute Gasteiger partial charge is 0.311 e. The first-order valence-electron chi connectivity index (χ1n) is 5.06. The summed E-state index contributed by atoms with van der Waals surface area (Å²) in [4.78, 5) is 11.1. The lowest BCUT2D eigenvalue weighted by Gasteiger charge is -2.19. The number of benzene rings is 1. The van der Waals surface area contributed by atoms with Crippen LogP contribution in [0.2, 0.25) is 0 Å². The molecule has 0 heterocycles. The van der Waals surface area contributed by atoms with Crippen molar-refractivity contribution in [2.45, 2.75) is 26.7 Å². The van der Waals surface area contributed by atoms with E-state index in [0.717, 1.165) is 6.07 Å². The van der Waals surface area contributed by atoms with Crippen molar-refractivity contribution in [3.05, 3.63) is 29.1 Å². The zero-order valence-corrected chi connectivity index (χ0v) is 9.49. The van der Waals surface area contributed by atoms with Gasteiger partial charge in [0.25, 0.3) is 0 Å². The SMILES string of the molecule is Cc1cc(O)c(F)cc1C(C(=O)O)C(C)C. The van der Waals surface area contributed by atoms with E-state index in [1.165, 1.54) is 6.07 Å². The normalized spacial score (nSPS) is 12.8. The Hall–Kier alpha value is -1.58. The Morgan fingerprint density at radius 3 is 2.38 bits per heavy atom. The fourth-order valence-electron chi connectivity index (χ4n) is 1.79. The van der Waals surface area contributed by atoms with Crippen LogP contribution in [-0.4, -0.2) is 16.2 Å². The maximum absolute atomic E-state index is 13.2. The predicted octanol–water partition coefficient (Wildman–Crippen LogP) is 2.66. The number of aliphatic carboxylic acids is 1. The molecule has 1 rings (SSSR count). The molecule has 0 bridgehead atoms. The Balaban J connectivity index is 3.30. The summed E-state index contributed by atoms with van der Waals surface area (Å²) < 4.78 is 13.2. The van der Waals surface area contributed by atoms with E-state index in [4.69, 9.17) is 10.2 Å². The van der Waals surface area contributed by atoms with Crippen LogP contribution in [0.5, 0.6) is 5.75 Å². The molecule has 0 aromatic heterocycles. The van der Waals surface area contributed by atoms with Crippen LogP contribution in [0.3, 0.4) is 0 Å². The highest BCUT2D eigenvalue weighted by atomic mass is 19.1. The Morgan fingerprint density at radius 2 is 1.94 bits per heavy atom. The first-order valence-corrected chi connectivity index (χ1v) is 5.06. The van der Waals surface area contributed by atoms with Gasteiger partial charge in [0.15, 0.2) is 11.6 Å². The van der Waals surface area contributed by atoms with Gasteiger partial charge in [0.2, 0.25) is 0 Å². The van der Waals surface area contributed by atoms with Crippen LogP contribution in [0.15, 0.2) is 12.1 Å². The second kappa shape index (κ2) is 4.51. The highest BCUT2D eigenvalue weighted by Gasteiger charge is 2.26. The van der Waals surface area contributed by atoms with Gasteiger partial charge in [-0.3, -0.25) is 4.79 Å². The van der Waals surface area contributed by atoms with E-state index < -0.39 is 23.5 Å². The predicted molar refractivity (Wildman–Crippen MR) is 58.0 cm³/mol. The summed E-state index contributed by atoms with van der Waals surface area (Å²) in [5, 5.41) is 18.3. The summed E-state index contributed by atoms with van der Waals surface area (Å²) in [6.45, 7) is 5.19. The van der Waals surface area contributed by atoms with Crippen LogP contribution in [0, 0.1) is 18.7 Å². The summed E-state index contributed by atoms with van der Waals surface area (Å²) in [6, 6.07) is 2.35. The molecule has 2 N–H and O–H groups in total. The molecule has 0 saturated carbocycles. The largest absolute Gasteiger partial charge is 0.505 e. The molecule has 0 aliphatic heterocycles. The fourth-order valence-corrected chi connectivity index (χ4v) is 1.79. The molecule has 3 nitrogen and oxygen atoms in total. The molecule has 4 heteroatoms. The molecule has 1 aromatic rings. The van der Waals surface area contributed by atoms with E-state index >= 15 is 0 Å². The molecular formula is C12H15FO3. The first-order chi connectivity index (χ1) is 7.34. The van der Waals surface area contributed by atoms with Crippen molar-refractivity contribution in [3.63, 3.8) is 0 Å². The van der Waals surface area contributed by atoms with Gasteiger partial charge >= 0.3 is 5.97 Å². The van der Waals surface area contributed by atoms with E-state index in [9.17, 15) is 9.18 Å². The van der Waals surface area contributed by atoms with Crippen molar-refractivity contribution in [1.29, 1.82) is 0 Å². The maximum atomic E-state index is 13.2. The third-order valence-electron chi connectivity index (χ3n) is 2.60. The van der Waals surface area contributed by atoms with Crippen molar-refractivity contribution < 1.29 is 19.4 Å².